The average molecular weight is 283 g/mol. The van der Waals surface area contributed by atoms with Gasteiger partial charge < -0.3 is 18.9 Å². The molecule has 1 aliphatic carbocycles. The highest BCUT2D eigenvalue weighted by atomic mass is 16.6. The molecule has 2 unspecified atom stereocenters. The number of nitrogens with zero attached hydrogens (tertiary/aromatic N) is 1. The molecular formula is C15H25NO4. The van der Waals surface area contributed by atoms with Crippen LogP contribution in [0.2, 0.25) is 0 Å². The van der Waals surface area contributed by atoms with Gasteiger partial charge in [0.1, 0.15) is 12.8 Å². The van der Waals surface area contributed by atoms with Crippen molar-refractivity contribution < 1.29 is 18.9 Å². The molecule has 0 bridgehead atoms. The summed E-state index contributed by atoms with van der Waals surface area (Å²) in [5.74, 6) is 0. The van der Waals surface area contributed by atoms with Crippen molar-refractivity contribution in [3.8, 4) is 0 Å². The van der Waals surface area contributed by atoms with E-state index in [1.165, 1.54) is 19.1 Å². The minimum atomic E-state index is 0.372. The lowest BCUT2D eigenvalue weighted by molar-refractivity contribution is -0.0181. The maximum absolute atomic E-state index is 5.89. The van der Waals surface area contributed by atoms with E-state index < -0.39 is 0 Å². The molecule has 0 amide bonds. The quantitative estimate of drug-likeness (QED) is 0.365. The Labute approximate surface area is 120 Å². The molecule has 3 rings (SSSR count). The van der Waals surface area contributed by atoms with E-state index >= 15 is 0 Å². The molecule has 1 saturated carbocycles. The standard InChI is InChI=1S/C15H25NO4/c1-2-17-11-16(7-14-8-19-14)12-3-5-13(6-4-12)18-9-15-10-20-15/h2,12-15H,1,3-11H2. The van der Waals surface area contributed by atoms with Crippen LogP contribution < -0.4 is 0 Å². The van der Waals surface area contributed by atoms with E-state index in [2.05, 4.69) is 11.5 Å². The number of epoxide rings is 2. The lowest BCUT2D eigenvalue weighted by Crippen LogP contribution is -2.42. The Morgan fingerprint density at radius 3 is 2.40 bits per heavy atom. The van der Waals surface area contributed by atoms with Gasteiger partial charge in [-0.25, -0.2) is 0 Å². The number of rotatable bonds is 9. The molecule has 114 valence electrons. The Balaban J connectivity index is 1.39. The second kappa shape index (κ2) is 6.89. The summed E-state index contributed by atoms with van der Waals surface area (Å²) >= 11 is 0. The monoisotopic (exact) mass is 283 g/mol. The van der Waals surface area contributed by atoms with Crippen molar-refractivity contribution in [2.75, 3.05) is 33.1 Å². The van der Waals surface area contributed by atoms with Gasteiger partial charge in [0.05, 0.1) is 38.3 Å². The van der Waals surface area contributed by atoms with Gasteiger partial charge in [-0.05, 0) is 25.7 Å². The van der Waals surface area contributed by atoms with Crippen LogP contribution in [-0.4, -0.2) is 62.3 Å². The first-order valence-corrected chi connectivity index (χ1v) is 7.66. The zero-order valence-electron chi connectivity index (χ0n) is 12.0. The molecule has 5 nitrogen and oxygen atoms in total. The van der Waals surface area contributed by atoms with Gasteiger partial charge in [-0.15, -0.1) is 0 Å². The van der Waals surface area contributed by atoms with Crippen LogP contribution in [-0.2, 0) is 18.9 Å². The fraction of sp³-hybridized carbons (Fsp3) is 0.867. The van der Waals surface area contributed by atoms with Crippen molar-refractivity contribution in [3.05, 3.63) is 12.8 Å². The van der Waals surface area contributed by atoms with E-state index in [0.717, 1.165) is 39.2 Å². The van der Waals surface area contributed by atoms with E-state index in [1.807, 2.05) is 0 Å². The Kier molecular flexibility index (Phi) is 4.94. The lowest BCUT2D eigenvalue weighted by atomic mass is 9.92. The highest BCUT2D eigenvalue weighted by molar-refractivity contribution is 4.83. The Morgan fingerprint density at radius 2 is 1.80 bits per heavy atom. The molecule has 0 N–H and O–H groups in total. The summed E-state index contributed by atoms with van der Waals surface area (Å²) < 4.78 is 21.8. The maximum atomic E-state index is 5.89. The summed E-state index contributed by atoms with van der Waals surface area (Å²) in [5, 5.41) is 0. The largest absolute Gasteiger partial charge is 0.486 e. The van der Waals surface area contributed by atoms with E-state index in [0.29, 0.717) is 31.1 Å². The molecule has 20 heavy (non-hydrogen) atoms. The van der Waals surface area contributed by atoms with Crippen molar-refractivity contribution in [2.24, 2.45) is 0 Å². The van der Waals surface area contributed by atoms with Crippen LogP contribution in [0.3, 0.4) is 0 Å². The second-order valence-corrected chi connectivity index (χ2v) is 5.91. The molecule has 0 aromatic heterocycles. The van der Waals surface area contributed by atoms with Crippen LogP contribution in [0.1, 0.15) is 25.7 Å². The van der Waals surface area contributed by atoms with E-state index in [1.54, 1.807) is 0 Å². The van der Waals surface area contributed by atoms with Crippen molar-refractivity contribution in [3.63, 3.8) is 0 Å². The van der Waals surface area contributed by atoms with E-state index in [-0.39, 0.29) is 0 Å². The van der Waals surface area contributed by atoms with Crippen LogP contribution in [0.4, 0.5) is 0 Å². The number of hydrogen-bond acceptors (Lipinski definition) is 5. The minimum absolute atomic E-state index is 0.372. The first-order valence-electron chi connectivity index (χ1n) is 7.66. The summed E-state index contributed by atoms with van der Waals surface area (Å²) in [6.07, 6.45) is 7.32. The molecule has 5 heteroatoms. The summed E-state index contributed by atoms with van der Waals surface area (Å²) in [4.78, 5) is 2.39. The fourth-order valence-electron chi connectivity index (χ4n) is 2.88. The third-order valence-electron chi connectivity index (χ3n) is 4.28. The third kappa shape index (κ3) is 4.45. The van der Waals surface area contributed by atoms with Crippen LogP contribution in [0.15, 0.2) is 12.8 Å². The normalized spacial score (nSPS) is 35.9. The smallest absolute Gasteiger partial charge is 0.141 e. The van der Waals surface area contributed by atoms with Gasteiger partial charge in [-0.3, -0.25) is 4.90 Å². The van der Waals surface area contributed by atoms with Crippen LogP contribution in [0.5, 0.6) is 0 Å². The van der Waals surface area contributed by atoms with Crippen LogP contribution in [0.25, 0.3) is 0 Å². The highest BCUT2D eigenvalue weighted by Crippen LogP contribution is 2.27. The topological polar surface area (TPSA) is 46.8 Å². The fourth-order valence-corrected chi connectivity index (χ4v) is 2.88. The number of hydrogen-bond donors (Lipinski definition) is 0. The predicted molar refractivity (Wildman–Crippen MR) is 74.3 cm³/mol. The first kappa shape index (κ1) is 14.3. The van der Waals surface area contributed by atoms with Gasteiger partial charge in [0.2, 0.25) is 0 Å². The molecular weight excluding hydrogens is 258 g/mol. The van der Waals surface area contributed by atoms with Gasteiger partial charge in [-0.1, -0.05) is 6.58 Å². The zero-order valence-corrected chi connectivity index (χ0v) is 12.0. The molecule has 3 fully saturated rings. The van der Waals surface area contributed by atoms with Crippen molar-refractivity contribution in [1.29, 1.82) is 0 Å². The minimum Gasteiger partial charge on any atom is -0.486 e. The molecule has 0 aromatic carbocycles. The Morgan fingerprint density at radius 1 is 1.10 bits per heavy atom. The van der Waals surface area contributed by atoms with Crippen molar-refractivity contribution in [1.82, 2.24) is 4.90 Å². The highest BCUT2D eigenvalue weighted by Gasteiger charge is 2.32. The van der Waals surface area contributed by atoms with E-state index in [4.69, 9.17) is 18.9 Å². The average Bonchev–Trinajstić information content (AvgIpc) is 3.37. The molecule has 2 heterocycles. The van der Waals surface area contributed by atoms with Crippen LogP contribution >= 0.6 is 0 Å². The molecule has 2 saturated heterocycles. The van der Waals surface area contributed by atoms with Crippen LogP contribution in [0, 0.1) is 0 Å². The summed E-state index contributed by atoms with van der Waals surface area (Å²) in [7, 11) is 0. The van der Waals surface area contributed by atoms with Crippen molar-refractivity contribution >= 4 is 0 Å². The van der Waals surface area contributed by atoms with Gasteiger partial charge in [0.25, 0.3) is 0 Å². The number of ether oxygens (including phenoxy) is 4. The molecule has 2 atom stereocenters. The Bertz CT molecular complexity index is 309. The van der Waals surface area contributed by atoms with E-state index in [9.17, 15) is 0 Å². The predicted octanol–water partition coefficient (Wildman–Crippen LogP) is 1.53. The molecule has 0 aromatic rings. The maximum Gasteiger partial charge on any atom is 0.141 e. The zero-order chi connectivity index (χ0) is 13.8. The molecule has 3 aliphatic rings. The summed E-state index contributed by atoms with van der Waals surface area (Å²) in [6.45, 7) is 7.76. The summed E-state index contributed by atoms with van der Waals surface area (Å²) in [5.41, 5.74) is 0. The van der Waals surface area contributed by atoms with Gasteiger partial charge in [-0.2, -0.15) is 0 Å². The van der Waals surface area contributed by atoms with Gasteiger partial charge in [0, 0.05) is 12.6 Å². The lowest BCUT2D eigenvalue weighted by Gasteiger charge is -2.36. The Hall–Kier alpha value is -0.620. The third-order valence-corrected chi connectivity index (χ3v) is 4.28. The molecule has 0 spiro atoms. The first-order chi connectivity index (χ1) is 9.85. The summed E-state index contributed by atoms with van der Waals surface area (Å²) in [6, 6.07) is 0.580. The molecule has 2 aliphatic heterocycles. The molecule has 0 radical (unpaired) electrons. The van der Waals surface area contributed by atoms with Gasteiger partial charge >= 0.3 is 0 Å². The van der Waals surface area contributed by atoms with Gasteiger partial charge in [0.15, 0.2) is 0 Å². The van der Waals surface area contributed by atoms with Crippen molar-refractivity contribution in [2.45, 2.75) is 50.0 Å². The second-order valence-electron chi connectivity index (χ2n) is 5.91. The SMILES string of the molecule is C=COCN(CC1CO1)C1CCC(OCC2CO2)CC1.